The van der Waals surface area contributed by atoms with E-state index in [1.807, 2.05) is 54.3 Å². The molecule has 0 aliphatic rings. The van der Waals surface area contributed by atoms with Crippen LogP contribution in [0.5, 0.6) is 5.75 Å². The first-order valence-electron chi connectivity index (χ1n) is 11.9. The summed E-state index contributed by atoms with van der Waals surface area (Å²) in [6.07, 6.45) is 5.83. The lowest BCUT2D eigenvalue weighted by Gasteiger charge is -2.25. The van der Waals surface area contributed by atoms with Gasteiger partial charge in [0.2, 0.25) is 5.82 Å². The molecule has 7 heteroatoms. The predicted molar refractivity (Wildman–Crippen MR) is 138 cm³/mol. The highest BCUT2D eigenvalue weighted by atomic mass is 19.1. The van der Waals surface area contributed by atoms with Crippen molar-refractivity contribution in [1.82, 2.24) is 9.97 Å². The van der Waals surface area contributed by atoms with Crippen molar-refractivity contribution in [2.45, 2.75) is 47.0 Å². The van der Waals surface area contributed by atoms with E-state index in [0.29, 0.717) is 37.5 Å². The lowest BCUT2D eigenvalue weighted by molar-refractivity contribution is 0.301. The van der Waals surface area contributed by atoms with Gasteiger partial charge in [-0.15, -0.1) is 0 Å². The van der Waals surface area contributed by atoms with Gasteiger partial charge in [-0.3, -0.25) is 10.4 Å². The molecule has 0 saturated heterocycles. The molecule has 0 saturated carbocycles. The zero-order valence-electron chi connectivity index (χ0n) is 20.5. The fourth-order valence-electron chi connectivity index (χ4n) is 3.69. The minimum absolute atomic E-state index is 0.200. The van der Waals surface area contributed by atoms with Crippen LogP contribution in [0, 0.1) is 19.7 Å². The number of benzene rings is 1. The third-order valence-electron chi connectivity index (χ3n) is 5.35. The summed E-state index contributed by atoms with van der Waals surface area (Å²) in [7, 11) is 0. The predicted octanol–water partition coefficient (Wildman–Crippen LogP) is 5.93. The van der Waals surface area contributed by atoms with Crippen molar-refractivity contribution in [2.75, 3.05) is 30.0 Å². The van der Waals surface area contributed by atoms with Gasteiger partial charge >= 0.3 is 0 Å². The molecular weight excluding hydrogens is 429 g/mol. The number of ether oxygens (including phenoxy) is 1. The van der Waals surface area contributed by atoms with Crippen molar-refractivity contribution in [3.05, 3.63) is 76.9 Å². The average Bonchev–Trinajstić information content (AvgIpc) is 2.83. The van der Waals surface area contributed by atoms with Crippen molar-refractivity contribution in [1.29, 1.82) is 0 Å². The van der Waals surface area contributed by atoms with Crippen molar-refractivity contribution in [2.24, 2.45) is 5.10 Å². The molecule has 0 amide bonds. The summed E-state index contributed by atoms with van der Waals surface area (Å²) in [5.41, 5.74) is 6.61. The summed E-state index contributed by atoms with van der Waals surface area (Å²) in [4.78, 5) is 10.9. The highest BCUT2D eigenvalue weighted by Crippen LogP contribution is 2.34. The molecule has 3 rings (SSSR count). The third kappa shape index (κ3) is 6.76. The first kappa shape index (κ1) is 25.1. The lowest BCUT2D eigenvalue weighted by Crippen LogP contribution is -2.27. The molecule has 0 aliphatic heterocycles. The van der Waals surface area contributed by atoms with Crippen LogP contribution in [-0.2, 0) is 6.42 Å². The fourth-order valence-corrected chi connectivity index (χ4v) is 3.69. The number of hydrogen-bond donors (Lipinski definition) is 1. The fraction of sp³-hybridized carbons (Fsp3) is 0.370. The Morgan fingerprint density at radius 3 is 2.56 bits per heavy atom. The SMILES string of the molecule is CCCN(CCC)c1nc(N/N=C/c2cccc(C)c2)c(C)c(OCCc2ccccn2)c1F. The summed E-state index contributed by atoms with van der Waals surface area (Å²) in [6.45, 7) is 9.71. The number of aromatic nitrogens is 2. The van der Waals surface area contributed by atoms with Crippen molar-refractivity contribution in [3.8, 4) is 5.75 Å². The molecule has 0 fully saturated rings. The first-order chi connectivity index (χ1) is 16.5. The van der Waals surface area contributed by atoms with E-state index >= 15 is 4.39 Å². The zero-order chi connectivity index (χ0) is 24.3. The molecule has 1 aromatic carbocycles. The Labute approximate surface area is 201 Å². The molecule has 2 heterocycles. The monoisotopic (exact) mass is 463 g/mol. The second-order valence-electron chi connectivity index (χ2n) is 8.24. The van der Waals surface area contributed by atoms with E-state index in [4.69, 9.17) is 4.74 Å². The van der Waals surface area contributed by atoms with Crippen LogP contribution in [0.15, 0.2) is 53.8 Å². The van der Waals surface area contributed by atoms with E-state index in [9.17, 15) is 0 Å². The molecule has 6 nitrogen and oxygen atoms in total. The van der Waals surface area contributed by atoms with Gasteiger partial charge in [-0.1, -0.05) is 49.7 Å². The van der Waals surface area contributed by atoms with Gasteiger partial charge in [0.05, 0.1) is 12.8 Å². The van der Waals surface area contributed by atoms with E-state index in [1.165, 1.54) is 0 Å². The van der Waals surface area contributed by atoms with Gasteiger partial charge in [0.25, 0.3) is 0 Å². The number of pyridine rings is 2. The van der Waals surface area contributed by atoms with Crippen molar-refractivity contribution in [3.63, 3.8) is 0 Å². The molecule has 2 aromatic heterocycles. The molecule has 0 radical (unpaired) electrons. The van der Waals surface area contributed by atoms with Gasteiger partial charge in [0.1, 0.15) is 0 Å². The lowest BCUT2D eigenvalue weighted by atomic mass is 10.2. The van der Waals surface area contributed by atoms with Crippen LogP contribution in [0.1, 0.15) is 49.1 Å². The quantitative estimate of drug-likeness (QED) is 0.267. The summed E-state index contributed by atoms with van der Waals surface area (Å²) >= 11 is 0. The first-order valence-corrected chi connectivity index (χ1v) is 11.9. The Hall–Kier alpha value is -3.48. The molecule has 180 valence electrons. The van der Waals surface area contributed by atoms with Gasteiger partial charge in [0, 0.05) is 37.0 Å². The largest absolute Gasteiger partial charge is 0.490 e. The van der Waals surface area contributed by atoms with E-state index in [2.05, 4.69) is 34.3 Å². The number of rotatable bonds is 12. The minimum Gasteiger partial charge on any atom is -0.490 e. The number of nitrogens with one attached hydrogen (secondary N) is 1. The van der Waals surface area contributed by atoms with Crippen LogP contribution in [-0.4, -0.2) is 35.9 Å². The van der Waals surface area contributed by atoms with Crippen LogP contribution in [0.4, 0.5) is 16.0 Å². The molecule has 0 aliphatic carbocycles. The van der Waals surface area contributed by atoms with Crippen LogP contribution in [0.2, 0.25) is 0 Å². The van der Waals surface area contributed by atoms with Gasteiger partial charge in [-0.05, 0) is 44.4 Å². The standard InChI is InChI=1S/C27H34FN5O/c1-5-15-33(16-6-2)27-24(28)25(34-17-13-23-12-7-8-14-29-23)21(4)26(31-27)32-30-19-22-11-9-10-20(3)18-22/h7-12,14,18-19H,5-6,13,15-17H2,1-4H3,(H,31,32)/b30-19+. The normalized spacial score (nSPS) is 11.1. The Balaban J connectivity index is 1.89. The van der Waals surface area contributed by atoms with Crippen LogP contribution in [0.25, 0.3) is 0 Å². The number of nitrogens with zero attached hydrogens (tertiary/aromatic N) is 4. The highest BCUT2D eigenvalue weighted by molar-refractivity contribution is 5.80. The third-order valence-corrected chi connectivity index (χ3v) is 5.35. The van der Waals surface area contributed by atoms with Crippen molar-refractivity contribution >= 4 is 17.9 Å². The number of halogens is 1. The van der Waals surface area contributed by atoms with Crippen LogP contribution in [0.3, 0.4) is 0 Å². The molecular formula is C27H34FN5O. The molecule has 0 atom stereocenters. The summed E-state index contributed by atoms with van der Waals surface area (Å²) in [5.74, 6) is 0.528. The van der Waals surface area contributed by atoms with E-state index in [1.54, 1.807) is 19.3 Å². The Bertz CT molecular complexity index is 1080. The maximum atomic E-state index is 15.7. The average molecular weight is 464 g/mol. The van der Waals surface area contributed by atoms with Gasteiger partial charge in [0.15, 0.2) is 17.4 Å². The topological polar surface area (TPSA) is 62.6 Å². The Morgan fingerprint density at radius 1 is 1.09 bits per heavy atom. The number of hydrogen-bond acceptors (Lipinski definition) is 6. The Morgan fingerprint density at radius 2 is 1.88 bits per heavy atom. The molecule has 0 unspecified atom stereocenters. The minimum atomic E-state index is -0.436. The smallest absolute Gasteiger partial charge is 0.207 e. The number of hydrazone groups is 1. The molecule has 0 bridgehead atoms. The summed E-state index contributed by atoms with van der Waals surface area (Å²) in [6, 6.07) is 13.8. The maximum Gasteiger partial charge on any atom is 0.207 e. The van der Waals surface area contributed by atoms with E-state index in [0.717, 1.165) is 29.7 Å². The maximum absolute atomic E-state index is 15.7. The van der Waals surface area contributed by atoms with Crippen LogP contribution < -0.4 is 15.1 Å². The van der Waals surface area contributed by atoms with E-state index < -0.39 is 5.82 Å². The van der Waals surface area contributed by atoms with E-state index in [-0.39, 0.29) is 11.6 Å². The van der Waals surface area contributed by atoms with Gasteiger partial charge in [-0.25, -0.2) is 4.98 Å². The van der Waals surface area contributed by atoms with Crippen LogP contribution >= 0.6 is 0 Å². The highest BCUT2D eigenvalue weighted by Gasteiger charge is 2.22. The summed E-state index contributed by atoms with van der Waals surface area (Å²) in [5, 5.41) is 4.36. The number of aryl methyl sites for hydroxylation is 1. The molecule has 34 heavy (non-hydrogen) atoms. The van der Waals surface area contributed by atoms with Gasteiger partial charge < -0.3 is 9.64 Å². The zero-order valence-corrected chi connectivity index (χ0v) is 20.5. The molecule has 0 spiro atoms. The molecule has 3 aromatic rings. The van der Waals surface area contributed by atoms with Crippen molar-refractivity contribution < 1.29 is 9.13 Å². The van der Waals surface area contributed by atoms with Gasteiger partial charge in [-0.2, -0.15) is 9.49 Å². The Kier molecular flexibility index (Phi) is 9.38. The second-order valence-corrected chi connectivity index (χ2v) is 8.24. The second kappa shape index (κ2) is 12.7. The summed E-state index contributed by atoms with van der Waals surface area (Å²) < 4.78 is 21.6. The number of anilines is 2. The molecule has 1 N–H and O–H groups in total.